The number of carbonyl (C=O) groups excluding carboxylic acids is 1. The summed E-state index contributed by atoms with van der Waals surface area (Å²) in [6.45, 7) is 1.54. The highest BCUT2D eigenvalue weighted by molar-refractivity contribution is 5.95. The molecule has 0 unspecified atom stereocenters. The van der Waals surface area contributed by atoms with Gasteiger partial charge in [-0.2, -0.15) is 0 Å². The summed E-state index contributed by atoms with van der Waals surface area (Å²) in [5.74, 6) is 1.89. The minimum atomic E-state index is -0.0206. The van der Waals surface area contributed by atoms with E-state index in [9.17, 15) is 4.79 Å². The van der Waals surface area contributed by atoms with E-state index in [0.717, 1.165) is 24.3 Å². The molecule has 6 heteroatoms. The van der Waals surface area contributed by atoms with Gasteiger partial charge < -0.3 is 24.8 Å². The number of hydrogen-bond donors (Lipinski definition) is 1. The number of likely N-dealkylation sites (tertiary alicyclic amines) is 1. The average molecular weight is 356 g/mol. The third kappa shape index (κ3) is 3.60. The molecule has 1 aliphatic heterocycles. The van der Waals surface area contributed by atoms with Crippen molar-refractivity contribution in [1.29, 1.82) is 0 Å². The van der Waals surface area contributed by atoms with Crippen LogP contribution in [0.1, 0.15) is 28.4 Å². The van der Waals surface area contributed by atoms with Crippen molar-refractivity contribution in [2.24, 2.45) is 5.73 Å². The summed E-state index contributed by atoms with van der Waals surface area (Å²) in [6, 6.07) is 13.2. The Hall–Kier alpha value is -2.73. The SMILES string of the molecule is COc1cccc([C@H]2CCN2C(=O)c2ccc(OCCN)c(OC)c2)c1. The topological polar surface area (TPSA) is 74.0 Å². The second kappa shape index (κ2) is 8.10. The molecule has 1 atom stereocenters. The number of ether oxygens (including phenoxy) is 3. The van der Waals surface area contributed by atoms with Crippen LogP contribution in [-0.2, 0) is 0 Å². The van der Waals surface area contributed by atoms with Crippen molar-refractivity contribution in [1.82, 2.24) is 4.90 Å². The van der Waals surface area contributed by atoms with Gasteiger partial charge in [0.15, 0.2) is 11.5 Å². The number of rotatable bonds is 7. The van der Waals surface area contributed by atoms with Crippen LogP contribution >= 0.6 is 0 Å². The molecule has 0 bridgehead atoms. The molecule has 2 aromatic rings. The van der Waals surface area contributed by atoms with Crippen LogP contribution < -0.4 is 19.9 Å². The molecular weight excluding hydrogens is 332 g/mol. The van der Waals surface area contributed by atoms with Gasteiger partial charge in [-0.15, -0.1) is 0 Å². The van der Waals surface area contributed by atoms with Crippen molar-refractivity contribution in [3.63, 3.8) is 0 Å². The lowest BCUT2D eigenvalue weighted by Crippen LogP contribution is -2.45. The minimum absolute atomic E-state index is 0.0206. The number of benzene rings is 2. The van der Waals surface area contributed by atoms with Gasteiger partial charge in [-0.25, -0.2) is 0 Å². The zero-order valence-corrected chi connectivity index (χ0v) is 15.1. The molecule has 0 spiro atoms. The molecule has 2 aromatic carbocycles. The van der Waals surface area contributed by atoms with E-state index in [-0.39, 0.29) is 11.9 Å². The first-order valence-corrected chi connectivity index (χ1v) is 8.63. The Morgan fingerprint density at radius 1 is 1.15 bits per heavy atom. The highest BCUT2D eigenvalue weighted by Gasteiger charge is 2.34. The Morgan fingerprint density at radius 2 is 2.00 bits per heavy atom. The molecule has 138 valence electrons. The van der Waals surface area contributed by atoms with Crippen molar-refractivity contribution in [2.75, 3.05) is 33.9 Å². The van der Waals surface area contributed by atoms with E-state index in [1.54, 1.807) is 32.4 Å². The van der Waals surface area contributed by atoms with Crippen molar-refractivity contribution < 1.29 is 19.0 Å². The largest absolute Gasteiger partial charge is 0.497 e. The Morgan fingerprint density at radius 3 is 2.65 bits per heavy atom. The van der Waals surface area contributed by atoms with Gasteiger partial charge in [0.1, 0.15) is 12.4 Å². The van der Waals surface area contributed by atoms with E-state index in [0.29, 0.717) is 30.2 Å². The maximum atomic E-state index is 12.9. The zero-order valence-electron chi connectivity index (χ0n) is 15.1. The maximum absolute atomic E-state index is 12.9. The molecule has 6 nitrogen and oxygen atoms in total. The van der Waals surface area contributed by atoms with E-state index >= 15 is 0 Å². The van der Waals surface area contributed by atoms with Crippen LogP contribution in [0.25, 0.3) is 0 Å². The molecule has 0 aromatic heterocycles. The predicted octanol–water partition coefficient (Wildman–Crippen LogP) is 2.63. The van der Waals surface area contributed by atoms with Crippen LogP contribution in [0.3, 0.4) is 0 Å². The van der Waals surface area contributed by atoms with Gasteiger partial charge in [-0.1, -0.05) is 12.1 Å². The van der Waals surface area contributed by atoms with Crippen molar-refractivity contribution in [3.05, 3.63) is 53.6 Å². The maximum Gasteiger partial charge on any atom is 0.254 e. The summed E-state index contributed by atoms with van der Waals surface area (Å²) in [5.41, 5.74) is 7.13. The number of methoxy groups -OCH3 is 2. The number of amides is 1. The fourth-order valence-corrected chi connectivity index (χ4v) is 3.08. The molecule has 1 amide bonds. The van der Waals surface area contributed by atoms with Gasteiger partial charge in [-0.3, -0.25) is 4.79 Å². The average Bonchev–Trinajstić information content (AvgIpc) is 2.65. The van der Waals surface area contributed by atoms with E-state index in [1.165, 1.54) is 0 Å². The summed E-state index contributed by atoms with van der Waals surface area (Å²) < 4.78 is 16.2. The minimum Gasteiger partial charge on any atom is -0.497 e. The van der Waals surface area contributed by atoms with Gasteiger partial charge in [0.2, 0.25) is 0 Å². The van der Waals surface area contributed by atoms with Gasteiger partial charge in [0, 0.05) is 18.7 Å². The molecule has 1 fully saturated rings. The first-order valence-electron chi connectivity index (χ1n) is 8.63. The lowest BCUT2D eigenvalue weighted by Gasteiger charge is -2.41. The van der Waals surface area contributed by atoms with Crippen molar-refractivity contribution in [2.45, 2.75) is 12.5 Å². The lowest BCUT2D eigenvalue weighted by molar-refractivity contribution is 0.0459. The third-order valence-electron chi connectivity index (χ3n) is 4.55. The second-order valence-electron chi connectivity index (χ2n) is 6.08. The van der Waals surface area contributed by atoms with Gasteiger partial charge in [0.05, 0.1) is 20.3 Å². The molecular formula is C20H24N2O4. The Kier molecular flexibility index (Phi) is 5.63. The normalized spacial score (nSPS) is 16.0. The van der Waals surface area contributed by atoms with Crippen LogP contribution in [0.2, 0.25) is 0 Å². The van der Waals surface area contributed by atoms with Crippen molar-refractivity contribution >= 4 is 5.91 Å². The second-order valence-corrected chi connectivity index (χ2v) is 6.08. The van der Waals surface area contributed by atoms with Gasteiger partial charge >= 0.3 is 0 Å². The van der Waals surface area contributed by atoms with E-state index in [2.05, 4.69) is 0 Å². The zero-order chi connectivity index (χ0) is 18.5. The Balaban J connectivity index is 1.78. The Bertz CT molecular complexity index is 778. The standard InChI is InChI=1S/C20H24N2O4/c1-24-16-5-3-4-14(12-16)17-8-10-22(17)20(23)15-6-7-18(26-11-9-21)19(13-15)25-2/h3-7,12-13,17H,8-11,21H2,1-2H3/t17-/m1/s1. The summed E-state index contributed by atoms with van der Waals surface area (Å²) in [6.07, 6.45) is 0.938. The summed E-state index contributed by atoms with van der Waals surface area (Å²) in [4.78, 5) is 14.8. The van der Waals surface area contributed by atoms with E-state index < -0.39 is 0 Å². The number of carbonyl (C=O) groups is 1. The molecule has 3 rings (SSSR count). The summed E-state index contributed by atoms with van der Waals surface area (Å²) in [5, 5.41) is 0. The number of nitrogens with zero attached hydrogens (tertiary/aromatic N) is 1. The Labute approximate surface area is 153 Å². The lowest BCUT2D eigenvalue weighted by atomic mass is 9.93. The van der Waals surface area contributed by atoms with Crippen LogP contribution in [0.15, 0.2) is 42.5 Å². The van der Waals surface area contributed by atoms with Crippen LogP contribution in [0.5, 0.6) is 17.2 Å². The first-order chi connectivity index (χ1) is 12.7. The molecule has 0 saturated carbocycles. The molecule has 2 N–H and O–H groups in total. The molecule has 1 heterocycles. The molecule has 1 saturated heterocycles. The summed E-state index contributed by atoms with van der Waals surface area (Å²) >= 11 is 0. The van der Waals surface area contributed by atoms with Crippen molar-refractivity contribution in [3.8, 4) is 17.2 Å². The molecule has 1 aliphatic rings. The molecule has 0 radical (unpaired) electrons. The third-order valence-corrected chi connectivity index (χ3v) is 4.55. The smallest absolute Gasteiger partial charge is 0.254 e. The highest BCUT2D eigenvalue weighted by atomic mass is 16.5. The fourth-order valence-electron chi connectivity index (χ4n) is 3.08. The van der Waals surface area contributed by atoms with E-state index in [1.807, 2.05) is 29.2 Å². The van der Waals surface area contributed by atoms with Crippen LogP contribution in [0, 0.1) is 0 Å². The predicted molar refractivity (Wildman–Crippen MR) is 98.9 cm³/mol. The van der Waals surface area contributed by atoms with Gasteiger partial charge in [0.25, 0.3) is 5.91 Å². The number of hydrogen-bond acceptors (Lipinski definition) is 5. The van der Waals surface area contributed by atoms with Gasteiger partial charge in [-0.05, 0) is 42.3 Å². The van der Waals surface area contributed by atoms with Crippen LogP contribution in [0.4, 0.5) is 0 Å². The number of nitrogens with two attached hydrogens (primary N) is 1. The van der Waals surface area contributed by atoms with Crippen LogP contribution in [-0.4, -0.2) is 44.7 Å². The summed E-state index contributed by atoms with van der Waals surface area (Å²) in [7, 11) is 3.20. The highest BCUT2D eigenvalue weighted by Crippen LogP contribution is 2.37. The molecule has 26 heavy (non-hydrogen) atoms. The monoisotopic (exact) mass is 356 g/mol. The molecule has 0 aliphatic carbocycles. The quantitative estimate of drug-likeness (QED) is 0.825. The first kappa shape index (κ1) is 18.1. The van der Waals surface area contributed by atoms with E-state index in [4.69, 9.17) is 19.9 Å². The fraction of sp³-hybridized carbons (Fsp3) is 0.350.